The number of fused-ring (bicyclic) bond motifs is 1. The van der Waals surface area contributed by atoms with Crippen LogP contribution >= 0.6 is 0 Å². The summed E-state index contributed by atoms with van der Waals surface area (Å²) >= 11 is 0. The molecule has 3 rings (SSSR count). The van der Waals surface area contributed by atoms with Crippen LogP contribution in [0.15, 0.2) is 36.5 Å². The third-order valence-corrected chi connectivity index (χ3v) is 4.36. The predicted octanol–water partition coefficient (Wildman–Crippen LogP) is 3.04. The van der Waals surface area contributed by atoms with E-state index in [4.69, 9.17) is 0 Å². The minimum absolute atomic E-state index is 0.0358. The molecule has 0 fully saturated rings. The van der Waals surface area contributed by atoms with Gasteiger partial charge in [0.15, 0.2) is 5.65 Å². The van der Waals surface area contributed by atoms with Crippen molar-refractivity contribution >= 4 is 17.5 Å². The largest absolute Gasteiger partial charge is 0.394 e. The molecule has 0 saturated heterocycles. The molecule has 138 valence electrons. The first-order chi connectivity index (χ1) is 12.6. The van der Waals surface area contributed by atoms with Gasteiger partial charge in [-0.3, -0.25) is 0 Å². The van der Waals surface area contributed by atoms with Gasteiger partial charge >= 0.3 is 0 Å². The van der Waals surface area contributed by atoms with E-state index in [9.17, 15) is 5.11 Å². The van der Waals surface area contributed by atoms with Crippen molar-refractivity contribution in [3.8, 4) is 0 Å². The molecule has 2 heterocycles. The van der Waals surface area contributed by atoms with Gasteiger partial charge in [0.2, 0.25) is 11.9 Å². The van der Waals surface area contributed by atoms with Crippen LogP contribution in [0.25, 0.3) is 5.65 Å². The van der Waals surface area contributed by atoms with Gasteiger partial charge in [-0.1, -0.05) is 51.1 Å². The maximum Gasteiger partial charge on any atom is 0.229 e. The Bertz CT molecular complexity index is 842. The molecule has 26 heavy (non-hydrogen) atoms. The molecule has 7 heteroatoms. The average molecular weight is 354 g/mol. The van der Waals surface area contributed by atoms with Crippen LogP contribution < -0.4 is 10.6 Å². The summed E-state index contributed by atoms with van der Waals surface area (Å²) in [5.41, 5.74) is 3.00. The fourth-order valence-corrected chi connectivity index (χ4v) is 2.72. The first-order valence-corrected chi connectivity index (χ1v) is 9.03. The summed E-state index contributed by atoms with van der Waals surface area (Å²) in [6.45, 7) is 6.92. The summed E-state index contributed by atoms with van der Waals surface area (Å²) < 4.78 is 1.74. The van der Waals surface area contributed by atoms with Gasteiger partial charge < -0.3 is 15.7 Å². The minimum atomic E-state index is -0.0788. The highest BCUT2D eigenvalue weighted by Crippen LogP contribution is 2.22. The maximum absolute atomic E-state index is 9.47. The van der Waals surface area contributed by atoms with Crippen LogP contribution in [-0.2, 0) is 6.54 Å². The van der Waals surface area contributed by atoms with Crippen LogP contribution in [0.5, 0.6) is 0 Å². The molecular weight excluding hydrogens is 328 g/mol. The number of hydrogen-bond donors (Lipinski definition) is 3. The average Bonchev–Trinajstić information content (AvgIpc) is 3.09. The molecule has 7 nitrogen and oxygen atoms in total. The number of aliphatic hydroxyl groups is 1. The fourth-order valence-electron chi connectivity index (χ4n) is 2.72. The van der Waals surface area contributed by atoms with E-state index in [-0.39, 0.29) is 12.6 Å². The zero-order valence-corrected chi connectivity index (χ0v) is 15.5. The molecule has 1 aromatic carbocycles. The SMILES string of the molecule is CC[C@@H](CO)Nc1nc(NCc2ccccc2)n2ncc(C(C)C)c2n1. The standard InChI is InChI=1S/C19H26N6O/c1-4-15(12-26)22-18-23-17-16(13(2)3)11-21-25(17)19(24-18)20-10-14-8-6-5-7-9-14/h5-9,11,13,15,26H,4,10,12H2,1-3H3,(H2,20,22,23,24)/t15-/m0/s1. The second-order valence-electron chi connectivity index (χ2n) is 6.63. The molecule has 3 aromatic rings. The summed E-state index contributed by atoms with van der Waals surface area (Å²) in [5.74, 6) is 1.43. The second kappa shape index (κ2) is 8.14. The molecular formula is C19H26N6O. The van der Waals surface area contributed by atoms with Crippen LogP contribution in [0.2, 0.25) is 0 Å². The van der Waals surface area contributed by atoms with Crippen molar-refractivity contribution in [3.05, 3.63) is 47.7 Å². The highest BCUT2D eigenvalue weighted by molar-refractivity contribution is 5.55. The monoisotopic (exact) mass is 354 g/mol. The van der Waals surface area contributed by atoms with E-state index in [1.165, 1.54) is 0 Å². The van der Waals surface area contributed by atoms with Crippen LogP contribution in [0.4, 0.5) is 11.9 Å². The third-order valence-electron chi connectivity index (χ3n) is 4.36. The lowest BCUT2D eigenvalue weighted by Gasteiger charge is -2.16. The summed E-state index contributed by atoms with van der Waals surface area (Å²) in [6.07, 6.45) is 2.63. The van der Waals surface area contributed by atoms with Crippen molar-refractivity contribution in [2.24, 2.45) is 0 Å². The molecule has 0 aliphatic heterocycles. The summed E-state index contributed by atoms with van der Waals surface area (Å²) in [6, 6.07) is 10.1. The topological polar surface area (TPSA) is 87.4 Å². The second-order valence-corrected chi connectivity index (χ2v) is 6.63. The molecule has 0 radical (unpaired) electrons. The zero-order valence-electron chi connectivity index (χ0n) is 15.5. The number of anilines is 2. The molecule has 1 atom stereocenters. The lowest BCUT2D eigenvalue weighted by atomic mass is 10.1. The van der Waals surface area contributed by atoms with E-state index in [1.807, 2.05) is 31.3 Å². The summed E-state index contributed by atoms with van der Waals surface area (Å²) in [7, 11) is 0. The van der Waals surface area contributed by atoms with E-state index in [0.717, 1.165) is 23.2 Å². The maximum atomic E-state index is 9.47. The van der Waals surface area contributed by atoms with Crippen molar-refractivity contribution < 1.29 is 5.11 Å². The smallest absolute Gasteiger partial charge is 0.229 e. The summed E-state index contributed by atoms with van der Waals surface area (Å²) in [4.78, 5) is 9.22. The molecule has 0 unspecified atom stereocenters. The molecule has 0 spiro atoms. The van der Waals surface area contributed by atoms with Gasteiger partial charge in [-0.05, 0) is 17.9 Å². The first-order valence-electron chi connectivity index (χ1n) is 9.03. The molecule has 0 aliphatic rings. The van der Waals surface area contributed by atoms with Crippen molar-refractivity contribution in [2.75, 3.05) is 17.2 Å². The predicted molar refractivity (Wildman–Crippen MR) is 103 cm³/mol. The van der Waals surface area contributed by atoms with Crippen LogP contribution in [-0.4, -0.2) is 37.3 Å². The van der Waals surface area contributed by atoms with Gasteiger partial charge in [0.05, 0.1) is 18.8 Å². The molecule has 0 bridgehead atoms. The van der Waals surface area contributed by atoms with Crippen LogP contribution in [0, 0.1) is 0 Å². The van der Waals surface area contributed by atoms with Gasteiger partial charge in [-0.2, -0.15) is 19.6 Å². The van der Waals surface area contributed by atoms with E-state index < -0.39 is 0 Å². The Morgan fingerprint density at radius 1 is 1.15 bits per heavy atom. The molecule has 3 N–H and O–H groups in total. The van der Waals surface area contributed by atoms with Gasteiger partial charge in [0.25, 0.3) is 0 Å². The number of rotatable bonds is 8. The Kier molecular flexibility index (Phi) is 5.68. The molecule has 0 aliphatic carbocycles. The Balaban J connectivity index is 1.96. The van der Waals surface area contributed by atoms with E-state index in [1.54, 1.807) is 4.52 Å². The number of benzene rings is 1. The Labute approximate surface area is 153 Å². The van der Waals surface area contributed by atoms with Crippen LogP contribution in [0.1, 0.15) is 44.2 Å². The fraction of sp³-hybridized carbons (Fsp3) is 0.421. The van der Waals surface area contributed by atoms with Crippen LogP contribution in [0.3, 0.4) is 0 Å². The highest BCUT2D eigenvalue weighted by atomic mass is 16.3. The minimum Gasteiger partial charge on any atom is -0.394 e. The van der Waals surface area contributed by atoms with Gasteiger partial charge in [-0.15, -0.1) is 0 Å². The molecule has 0 amide bonds. The zero-order chi connectivity index (χ0) is 18.5. The van der Waals surface area contributed by atoms with E-state index in [0.29, 0.717) is 24.4 Å². The van der Waals surface area contributed by atoms with Gasteiger partial charge in [0, 0.05) is 12.1 Å². The van der Waals surface area contributed by atoms with Crippen molar-refractivity contribution in [1.82, 2.24) is 19.6 Å². The number of hydrogen-bond acceptors (Lipinski definition) is 6. The van der Waals surface area contributed by atoms with Gasteiger partial charge in [-0.25, -0.2) is 0 Å². The van der Waals surface area contributed by atoms with E-state index >= 15 is 0 Å². The number of nitrogens with zero attached hydrogens (tertiary/aromatic N) is 4. The van der Waals surface area contributed by atoms with Crippen molar-refractivity contribution in [1.29, 1.82) is 0 Å². The molecule has 0 saturated carbocycles. The lowest BCUT2D eigenvalue weighted by molar-refractivity contribution is 0.271. The molecule has 2 aromatic heterocycles. The third kappa shape index (κ3) is 3.94. The quantitative estimate of drug-likeness (QED) is 0.576. The highest BCUT2D eigenvalue weighted by Gasteiger charge is 2.16. The van der Waals surface area contributed by atoms with E-state index in [2.05, 4.69) is 51.7 Å². The Morgan fingerprint density at radius 3 is 2.58 bits per heavy atom. The number of nitrogens with one attached hydrogen (secondary N) is 2. The summed E-state index contributed by atoms with van der Waals surface area (Å²) in [5, 5.41) is 20.5. The Hall–Kier alpha value is -2.67. The van der Waals surface area contributed by atoms with Crippen molar-refractivity contribution in [3.63, 3.8) is 0 Å². The van der Waals surface area contributed by atoms with Crippen molar-refractivity contribution in [2.45, 2.75) is 45.7 Å². The number of aliphatic hydroxyl groups excluding tert-OH is 1. The first kappa shape index (κ1) is 18.1. The van der Waals surface area contributed by atoms with Gasteiger partial charge in [0.1, 0.15) is 0 Å². The normalized spacial score (nSPS) is 12.5. The lowest BCUT2D eigenvalue weighted by Crippen LogP contribution is -2.24. The Morgan fingerprint density at radius 2 is 1.92 bits per heavy atom. The number of aromatic nitrogens is 4.